The van der Waals surface area contributed by atoms with E-state index in [4.69, 9.17) is 4.74 Å². The van der Waals surface area contributed by atoms with Crippen LogP contribution in [-0.4, -0.2) is 48.8 Å². The molecule has 0 radical (unpaired) electrons. The second-order valence-corrected chi connectivity index (χ2v) is 5.16. The summed E-state index contributed by atoms with van der Waals surface area (Å²) >= 11 is 0. The van der Waals surface area contributed by atoms with Crippen molar-refractivity contribution >= 4 is 0 Å². The Kier molecular flexibility index (Phi) is 3.66. The van der Waals surface area contributed by atoms with Crippen molar-refractivity contribution < 1.29 is 17.9 Å². The molecular weight excluding hydrogens is 271 g/mol. The molecule has 2 saturated heterocycles. The maximum atomic E-state index is 12.5. The summed E-state index contributed by atoms with van der Waals surface area (Å²) in [4.78, 5) is 6.28. The molecule has 2 aliphatic heterocycles. The normalized spacial score (nSPS) is 25.4. The van der Waals surface area contributed by atoms with Gasteiger partial charge in [0.05, 0.1) is 36.6 Å². The molecule has 2 fully saturated rings. The third kappa shape index (κ3) is 2.79. The van der Waals surface area contributed by atoms with Gasteiger partial charge in [0.1, 0.15) is 0 Å². The minimum Gasteiger partial charge on any atom is -0.378 e. The van der Waals surface area contributed by atoms with Crippen LogP contribution in [0.1, 0.15) is 17.3 Å². The highest BCUT2D eigenvalue weighted by Crippen LogP contribution is 2.29. The Balaban J connectivity index is 1.68. The Morgan fingerprint density at radius 3 is 2.65 bits per heavy atom. The molecule has 0 saturated carbocycles. The Hall–Kier alpha value is -1.18. The first-order chi connectivity index (χ1) is 9.54. The lowest BCUT2D eigenvalue weighted by molar-refractivity contribution is -0.137. The standard InChI is InChI=1S/C13H16F3N3O/c14-13(15,16)9-1-2-11(18-5-9)12-6-19(4-3-17-12)10-7-20-8-10/h1-2,5,10,12,17H,3-4,6-8H2. The second-order valence-electron chi connectivity index (χ2n) is 5.16. The van der Waals surface area contributed by atoms with Crippen molar-refractivity contribution in [3.63, 3.8) is 0 Å². The van der Waals surface area contributed by atoms with Gasteiger partial charge in [-0.2, -0.15) is 13.2 Å². The summed E-state index contributed by atoms with van der Waals surface area (Å²) in [5.41, 5.74) is -0.0516. The lowest BCUT2D eigenvalue weighted by atomic mass is 10.1. The SMILES string of the molecule is FC(F)(F)c1ccc(C2CN(C3COC3)CCN2)nc1. The van der Waals surface area contributed by atoms with Gasteiger partial charge in [-0.1, -0.05) is 0 Å². The summed E-state index contributed by atoms with van der Waals surface area (Å²) in [7, 11) is 0. The van der Waals surface area contributed by atoms with Gasteiger partial charge in [-0.3, -0.25) is 9.88 Å². The third-order valence-corrected chi connectivity index (χ3v) is 3.81. The number of alkyl halides is 3. The van der Waals surface area contributed by atoms with Crippen molar-refractivity contribution in [2.75, 3.05) is 32.8 Å². The third-order valence-electron chi connectivity index (χ3n) is 3.81. The molecule has 3 heterocycles. The minimum atomic E-state index is -4.33. The maximum absolute atomic E-state index is 12.5. The van der Waals surface area contributed by atoms with Crippen molar-refractivity contribution in [3.05, 3.63) is 29.6 Å². The van der Waals surface area contributed by atoms with Crippen LogP contribution in [0.5, 0.6) is 0 Å². The molecule has 0 aromatic carbocycles. The van der Waals surface area contributed by atoms with E-state index in [2.05, 4.69) is 15.2 Å². The van der Waals surface area contributed by atoms with Gasteiger partial charge < -0.3 is 10.1 Å². The Labute approximate surface area is 114 Å². The number of aromatic nitrogens is 1. The fourth-order valence-corrected chi connectivity index (χ4v) is 2.52. The lowest BCUT2D eigenvalue weighted by Crippen LogP contribution is -2.56. The number of nitrogens with zero attached hydrogens (tertiary/aromatic N) is 2. The summed E-state index contributed by atoms with van der Waals surface area (Å²) in [5, 5.41) is 3.30. The zero-order chi connectivity index (χ0) is 14.2. The number of halogens is 3. The van der Waals surface area contributed by atoms with Crippen molar-refractivity contribution in [2.24, 2.45) is 0 Å². The maximum Gasteiger partial charge on any atom is 0.417 e. The van der Waals surface area contributed by atoms with Gasteiger partial charge in [0.25, 0.3) is 0 Å². The molecule has 0 spiro atoms. The molecule has 1 atom stereocenters. The minimum absolute atomic E-state index is 0.0216. The predicted octanol–water partition coefficient (Wildman–Crippen LogP) is 1.45. The van der Waals surface area contributed by atoms with Gasteiger partial charge in [-0.05, 0) is 12.1 Å². The number of ether oxygens (including phenoxy) is 1. The number of hydrogen-bond donors (Lipinski definition) is 1. The molecule has 3 rings (SSSR count). The number of nitrogens with one attached hydrogen (secondary N) is 1. The van der Waals surface area contributed by atoms with Gasteiger partial charge in [-0.15, -0.1) is 0 Å². The molecule has 0 amide bonds. The zero-order valence-corrected chi connectivity index (χ0v) is 10.9. The first-order valence-electron chi connectivity index (χ1n) is 6.62. The van der Waals surface area contributed by atoms with Crippen LogP contribution in [0.2, 0.25) is 0 Å². The van der Waals surface area contributed by atoms with Crippen LogP contribution in [-0.2, 0) is 10.9 Å². The molecule has 1 aromatic heterocycles. The molecule has 7 heteroatoms. The van der Waals surface area contributed by atoms with Crippen molar-refractivity contribution in [1.82, 2.24) is 15.2 Å². The van der Waals surface area contributed by atoms with Crippen LogP contribution in [0, 0.1) is 0 Å². The second kappa shape index (κ2) is 5.31. The number of pyridine rings is 1. The summed E-state index contributed by atoms with van der Waals surface area (Å²) in [6.45, 7) is 3.99. The van der Waals surface area contributed by atoms with Gasteiger partial charge >= 0.3 is 6.18 Å². The molecule has 1 N–H and O–H groups in total. The van der Waals surface area contributed by atoms with Crippen LogP contribution in [0.4, 0.5) is 13.2 Å². The highest BCUT2D eigenvalue weighted by atomic mass is 19.4. The van der Waals surface area contributed by atoms with Crippen LogP contribution >= 0.6 is 0 Å². The molecule has 20 heavy (non-hydrogen) atoms. The molecule has 0 aliphatic carbocycles. The van der Waals surface area contributed by atoms with Gasteiger partial charge in [-0.25, -0.2) is 0 Å². The monoisotopic (exact) mass is 287 g/mol. The highest BCUT2D eigenvalue weighted by Gasteiger charge is 2.33. The number of hydrogen-bond acceptors (Lipinski definition) is 4. The summed E-state index contributed by atoms with van der Waals surface area (Å²) < 4.78 is 42.7. The predicted molar refractivity (Wildman–Crippen MR) is 66.2 cm³/mol. The van der Waals surface area contributed by atoms with Crippen molar-refractivity contribution in [2.45, 2.75) is 18.3 Å². The van der Waals surface area contributed by atoms with Crippen LogP contribution in [0.3, 0.4) is 0 Å². The number of rotatable bonds is 2. The summed E-state index contributed by atoms with van der Waals surface area (Å²) in [6, 6.07) is 2.97. The molecule has 0 bridgehead atoms. The Bertz CT molecular complexity index is 459. The molecular formula is C13H16F3N3O. The fourth-order valence-electron chi connectivity index (χ4n) is 2.52. The van der Waals surface area contributed by atoms with E-state index >= 15 is 0 Å². The van der Waals surface area contributed by atoms with E-state index in [1.165, 1.54) is 6.07 Å². The largest absolute Gasteiger partial charge is 0.417 e. The van der Waals surface area contributed by atoms with Crippen LogP contribution < -0.4 is 5.32 Å². The van der Waals surface area contributed by atoms with Crippen LogP contribution in [0.25, 0.3) is 0 Å². The topological polar surface area (TPSA) is 37.4 Å². The average molecular weight is 287 g/mol. The molecule has 4 nitrogen and oxygen atoms in total. The first-order valence-corrected chi connectivity index (χ1v) is 6.62. The first kappa shape index (κ1) is 13.8. The summed E-state index contributed by atoms with van der Waals surface area (Å²) in [5.74, 6) is 0. The average Bonchev–Trinajstić information content (AvgIpc) is 2.36. The van der Waals surface area contributed by atoms with Crippen molar-refractivity contribution in [3.8, 4) is 0 Å². The molecule has 2 aliphatic rings. The summed E-state index contributed by atoms with van der Waals surface area (Å²) in [6.07, 6.45) is -3.43. The van der Waals surface area contributed by atoms with E-state index in [9.17, 15) is 13.2 Å². The zero-order valence-electron chi connectivity index (χ0n) is 10.9. The fraction of sp³-hybridized carbons (Fsp3) is 0.615. The van der Waals surface area contributed by atoms with Crippen molar-refractivity contribution in [1.29, 1.82) is 0 Å². The molecule has 1 unspecified atom stereocenters. The Morgan fingerprint density at radius 1 is 1.30 bits per heavy atom. The van der Waals surface area contributed by atoms with E-state index in [0.717, 1.165) is 45.1 Å². The highest BCUT2D eigenvalue weighted by molar-refractivity contribution is 5.19. The van der Waals surface area contributed by atoms with E-state index in [1.54, 1.807) is 0 Å². The Morgan fingerprint density at radius 2 is 2.10 bits per heavy atom. The quantitative estimate of drug-likeness (QED) is 0.893. The van der Waals surface area contributed by atoms with Gasteiger partial charge in [0.2, 0.25) is 0 Å². The van der Waals surface area contributed by atoms with Gasteiger partial charge in [0, 0.05) is 25.8 Å². The lowest BCUT2D eigenvalue weighted by Gasteiger charge is -2.42. The molecule has 1 aromatic rings. The smallest absolute Gasteiger partial charge is 0.378 e. The molecule has 110 valence electrons. The van der Waals surface area contributed by atoms with E-state index in [-0.39, 0.29) is 6.04 Å². The van der Waals surface area contributed by atoms with E-state index < -0.39 is 11.7 Å². The van der Waals surface area contributed by atoms with E-state index in [0.29, 0.717) is 11.7 Å². The van der Waals surface area contributed by atoms with Gasteiger partial charge in [0.15, 0.2) is 0 Å². The van der Waals surface area contributed by atoms with E-state index in [1.807, 2.05) is 0 Å². The number of piperazine rings is 1. The van der Waals surface area contributed by atoms with Crippen LogP contribution in [0.15, 0.2) is 18.3 Å².